The van der Waals surface area contributed by atoms with E-state index in [1.807, 2.05) is 26.0 Å². The fourth-order valence-corrected chi connectivity index (χ4v) is 5.36. The molecule has 1 aliphatic carbocycles. The van der Waals surface area contributed by atoms with Gasteiger partial charge in [0, 0.05) is 17.6 Å². The summed E-state index contributed by atoms with van der Waals surface area (Å²) in [6, 6.07) is 11.7. The Morgan fingerprint density at radius 3 is 2.37 bits per heavy atom. The molecule has 35 heavy (non-hydrogen) atoms. The molecular formula is C26H34ClN3O4S. The van der Waals surface area contributed by atoms with Crippen molar-refractivity contribution in [2.24, 2.45) is 0 Å². The summed E-state index contributed by atoms with van der Waals surface area (Å²) < 4.78 is 26.5. The lowest BCUT2D eigenvalue weighted by Crippen LogP contribution is -2.52. The maximum atomic E-state index is 13.6. The van der Waals surface area contributed by atoms with Crippen LogP contribution in [-0.2, 0) is 26.2 Å². The average Bonchev–Trinajstić information content (AvgIpc) is 3.29. The van der Waals surface area contributed by atoms with E-state index in [2.05, 4.69) is 5.32 Å². The highest BCUT2D eigenvalue weighted by Gasteiger charge is 2.31. The van der Waals surface area contributed by atoms with E-state index in [0.717, 1.165) is 52.9 Å². The van der Waals surface area contributed by atoms with Gasteiger partial charge in [-0.15, -0.1) is 0 Å². The van der Waals surface area contributed by atoms with Crippen LogP contribution in [0.2, 0.25) is 5.02 Å². The molecule has 9 heteroatoms. The highest BCUT2D eigenvalue weighted by Crippen LogP contribution is 2.23. The van der Waals surface area contributed by atoms with Crippen molar-refractivity contribution in [3.63, 3.8) is 0 Å². The first kappa shape index (κ1) is 27.0. The first-order chi connectivity index (χ1) is 16.5. The van der Waals surface area contributed by atoms with Gasteiger partial charge in [0.1, 0.15) is 12.6 Å². The van der Waals surface area contributed by atoms with Crippen molar-refractivity contribution in [1.82, 2.24) is 10.2 Å². The number of amides is 2. The highest BCUT2D eigenvalue weighted by atomic mass is 35.5. The number of halogens is 1. The summed E-state index contributed by atoms with van der Waals surface area (Å²) in [5.74, 6) is -0.716. The quantitative estimate of drug-likeness (QED) is 0.538. The Morgan fingerprint density at radius 2 is 1.77 bits per heavy atom. The zero-order valence-corrected chi connectivity index (χ0v) is 22.3. The van der Waals surface area contributed by atoms with E-state index in [1.54, 1.807) is 37.3 Å². The molecule has 3 rings (SSSR count). The maximum absolute atomic E-state index is 13.6. The molecule has 190 valence electrons. The predicted molar refractivity (Wildman–Crippen MR) is 140 cm³/mol. The second-order valence-corrected chi connectivity index (χ2v) is 11.7. The molecule has 0 heterocycles. The van der Waals surface area contributed by atoms with Crippen molar-refractivity contribution in [1.29, 1.82) is 0 Å². The number of hydrogen-bond acceptors (Lipinski definition) is 4. The van der Waals surface area contributed by atoms with Gasteiger partial charge in [-0.1, -0.05) is 42.6 Å². The molecule has 1 aliphatic rings. The SMILES string of the molecule is Cc1ccc(N(CC(=O)N(Cc2cccc(Cl)c2)[C@H](C)C(=O)NC2CCCC2)S(C)(=O)=O)cc1C. The van der Waals surface area contributed by atoms with Gasteiger partial charge in [0.15, 0.2) is 0 Å². The second kappa shape index (κ2) is 11.4. The van der Waals surface area contributed by atoms with E-state index in [-0.39, 0.29) is 18.5 Å². The molecule has 1 atom stereocenters. The van der Waals surface area contributed by atoms with Crippen LogP contribution in [0, 0.1) is 13.8 Å². The van der Waals surface area contributed by atoms with E-state index in [9.17, 15) is 18.0 Å². The van der Waals surface area contributed by atoms with Crippen molar-refractivity contribution in [2.75, 3.05) is 17.1 Å². The van der Waals surface area contributed by atoms with Gasteiger partial charge in [-0.25, -0.2) is 8.42 Å². The number of nitrogens with zero attached hydrogens (tertiary/aromatic N) is 2. The van der Waals surface area contributed by atoms with Crippen molar-refractivity contribution in [3.8, 4) is 0 Å². The van der Waals surface area contributed by atoms with E-state index in [4.69, 9.17) is 11.6 Å². The van der Waals surface area contributed by atoms with Gasteiger partial charge in [-0.3, -0.25) is 13.9 Å². The number of sulfonamides is 1. The topological polar surface area (TPSA) is 86.8 Å². The molecular weight excluding hydrogens is 486 g/mol. The summed E-state index contributed by atoms with van der Waals surface area (Å²) in [5, 5.41) is 3.57. The Balaban J connectivity index is 1.89. The van der Waals surface area contributed by atoms with Gasteiger partial charge >= 0.3 is 0 Å². The standard InChI is InChI=1S/C26H34ClN3O4S/c1-18-12-13-24(14-19(18)2)30(35(4,33)34)17-25(31)29(16-21-8-7-9-22(27)15-21)20(3)26(32)28-23-10-5-6-11-23/h7-9,12-15,20,23H,5-6,10-11,16-17H2,1-4H3,(H,28,32)/t20-/m1/s1. The first-order valence-electron chi connectivity index (χ1n) is 11.8. The molecule has 0 saturated heterocycles. The maximum Gasteiger partial charge on any atom is 0.244 e. The highest BCUT2D eigenvalue weighted by molar-refractivity contribution is 7.92. The molecule has 1 saturated carbocycles. The van der Waals surface area contributed by atoms with Crippen LogP contribution >= 0.6 is 11.6 Å². The number of nitrogens with one attached hydrogen (secondary N) is 1. The van der Waals surface area contributed by atoms with Gasteiger partial charge in [0.25, 0.3) is 0 Å². The lowest BCUT2D eigenvalue weighted by molar-refractivity contribution is -0.139. The number of anilines is 1. The van der Waals surface area contributed by atoms with Crippen LogP contribution < -0.4 is 9.62 Å². The number of carbonyl (C=O) groups is 2. The molecule has 0 aliphatic heterocycles. The van der Waals surface area contributed by atoms with Crippen LogP contribution in [0.5, 0.6) is 0 Å². The zero-order chi connectivity index (χ0) is 25.8. The van der Waals surface area contributed by atoms with Crippen LogP contribution in [0.1, 0.15) is 49.3 Å². The lowest BCUT2D eigenvalue weighted by Gasteiger charge is -2.32. The smallest absolute Gasteiger partial charge is 0.244 e. The number of aryl methyl sites for hydroxylation is 2. The Labute approximate surface area is 213 Å². The van der Waals surface area contributed by atoms with Crippen molar-refractivity contribution < 1.29 is 18.0 Å². The van der Waals surface area contributed by atoms with E-state index >= 15 is 0 Å². The summed E-state index contributed by atoms with van der Waals surface area (Å²) >= 11 is 6.14. The minimum absolute atomic E-state index is 0.108. The molecule has 0 unspecified atom stereocenters. The molecule has 0 aromatic heterocycles. The molecule has 1 fully saturated rings. The number of benzene rings is 2. The van der Waals surface area contributed by atoms with E-state index < -0.39 is 28.5 Å². The normalized spacial score (nSPS) is 15.0. The summed E-state index contributed by atoms with van der Waals surface area (Å²) in [6.45, 7) is 5.22. The van der Waals surface area contributed by atoms with Gasteiger partial charge < -0.3 is 10.2 Å². The van der Waals surface area contributed by atoms with Crippen LogP contribution in [0.25, 0.3) is 0 Å². The minimum Gasteiger partial charge on any atom is -0.352 e. The monoisotopic (exact) mass is 519 g/mol. The van der Waals surface area contributed by atoms with E-state index in [0.29, 0.717) is 10.7 Å². The summed E-state index contributed by atoms with van der Waals surface area (Å²) in [4.78, 5) is 28.1. The molecule has 0 radical (unpaired) electrons. The summed E-state index contributed by atoms with van der Waals surface area (Å²) in [6.07, 6.45) is 5.07. The molecule has 2 amide bonds. The number of hydrogen-bond donors (Lipinski definition) is 1. The van der Waals surface area contributed by atoms with Gasteiger partial charge in [0.05, 0.1) is 11.9 Å². The van der Waals surface area contributed by atoms with Gasteiger partial charge in [-0.05, 0) is 74.6 Å². The number of rotatable bonds is 9. The molecule has 2 aromatic rings. The average molecular weight is 520 g/mol. The summed E-state index contributed by atoms with van der Waals surface area (Å²) in [5.41, 5.74) is 3.11. The molecule has 0 spiro atoms. The van der Waals surface area contributed by atoms with Gasteiger partial charge in [0.2, 0.25) is 21.8 Å². The Kier molecular flexibility index (Phi) is 8.83. The fourth-order valence-electron chi connectivity index (χ4n) is 4.30. The molecule has 0 bridgehead atoms. The van der Waals surface area contributed by atoms with Crippen LogP contribution in [0.15, 0.2) is 42.5 Å². The molecule has 2 aromatic carbocycles. The minimum atomic E-state index is -3.76. The Hall–Kier alpha value is -2.58. The largest absolute Gasteiger partial charge is 0.352 e. The Morgan fingerprint density at radius 1 is 1.09 bits per heavy atom. The third kappa shape index (κ3) is 7.21. The Bertz CT molecular complexity index is 1180. The van der Waals surface area contributed by atoms with Crippen molar-refractivity contribution >= 4 is 39.1 Å². The third-order valence-corrected chi connectivity index (χ3v) is 7.94. The molecule has 7 nitrogen and oxygen atoms in total. The second-order valence-electron chi connectivity index (χ2n) is 9.36. The number of carbonyl (C=O) groups excluding carboxylic acids is 2. The first-order valence-corrected chi connectivity index (χ1v) is 14.1. The predicted octanol–water partition coefficient (Wildman–Crippen LogP) is 4.20. The fraction of sp³-hybridized carbons (Fsp3) is 0.462. The van der Waals surface area contributed by atoms with Crippen molar-refractivity contribution in [3.05, 3.63) is 64.2 Å². The lowest BCUT2D eigenvalue weighted by atomic mass is 10.1. The van der Waals surface area contributed by atoms with Crippen LogP contribution in [-0.4, -0.2) is 50.0 Å². The third-order valence-electron chi connectivity index (χ3n) is 6.57. The van der Waals surface area contributed by atoms with E-state index in [1.165, 1.54) is 4.90 Å². The molecule has 1 N–H and O–H groups in total. The van der Waals surface area contributed by atoms with Crippen molar-refractivity contribution in [2.45, 2.75) is 65.1 Å². The zero-order valence-electron chi connectivity index (χ0n) is 20.8. The van der Waals surface area contributed by atoms with Crippen LogP contribution in [0.3, 0.4) is 0 Å². The van der Waals surface area contributed by atoms with Gasteiger partial charge in [-0.2, -0.15) is 0 Å². The van der Waals surface area contributed by atoms with Crippen LogP contribution in [0.4, 0.5) is 5.69 Å². The summed E-state index contributed by atoms with van der Waals surface area (Å²) in [7, 11) is -3.76.